The summed E-state index contributed by atoms with van der Waals surface area (Å²) < 4.78 is 180. The molecule has 3 aromatic rings. The second-order valence-corrected chi connectivity index (χ2v) is 5.35. The summed E-state index contributed by atoms with van der Waals surface area (Å²) in [6.07, 6.45) is 0. The minimum atomic E-state index is -2.14. The van der Waals surface area contributed by atoms with Crippen LogP contribution in [0.5, 0.6) is 0 Å². The lowest BCUT2D eigenvalue weighted by atomic mass is 10.3. The molecule has 0 heterocycles. The molecule has 3 aromatic carbocycles. The summed E-state index contributed by atoms with van der Waals surface area (Å²) in [6, 6.07) is -0.185. The van der Waals surface area contributed by atoms with Crippen molar-refractivity contribution in [3.05, 3.63) is 105 Å². The van der Waals surface area contributed by atoms with Crippen LogP contribution in [0.4, 0.5) is 65.9 Å². The van der Waals surface area contributed by atoms with Crippen molar-refractivity contribution in [3.8, 4) is 0 Å². The maximum atomic E-state index is 12.0. The van der Waals surface area contributed by atoms with Crippen molar-refractivity contribution >= 4 is 8.41 Å². The van der Waals surface area contributed by atoms with E-state index >= 15 is 0 Å². The van der Waals surface area contributed by atoms with Crippen molar-refractivity contribution in [2.24, 2.45) is 0 Å². The molecule has 0 N–H and O–H groups in total. The maximum Gasteiger partial charge on any atom is 0.200 e. The van der Waals surface area contributed by atoms with Crippen molar-refractivity contribution in [2.75, 3.05) is 0 Å². The van der Waals surface area contributed by atoms with Gasteiger partial charge in [-0.3, -0.25) is 0 Å². The normalized spacial score (nSPS) is 9.97. The van der Waals surface area contributed by atoms with Crippen LogP contribution in [-0.4, -0.2) is 8.41 Å². The number of halogens is 15. The van der Waals surface area contributed by atoms with Gasteiger partial charge in [0, 0.05) is 26.6 Å². The molecule has 0 fully saturated rings. The van der Waals surface area contributed by atoms with E-state index in [0.717, 1.165) is 0 Å². The summed E-state index contributed by atoms with van der Waals surface area (Å²) in [5.74, 6) is -29.0. The fraction of sp³-hybridized carbons (Fsp3) is 0. The van der Waals surface area contributed by atoms with Crippen LogP contribution in [0, 0.1) is 87.3 Å². The van der Waals surface area contributed by atoms with Gasteiger partial charge in [0.05, 0.1) is 0 Å². The van der Waals surface area contributed by atoms with Gasteiger partial charge in [0.25, 0.3) is 0 Å². The largest absolute Gasteiger partial charge is 0.204 e. The van der Waals surface area contributed by atoms with Gasteiger partial charge < -0.3 is 0 Å². The second kappa shape index (κ2) is 12.2. The topological polar surface area (TPSA) is 0 Å². The minimum absolute atomic E-state index is 0. The first-order chi connectivity index (χ1) is 15.1. The van der Waals surface area contributed by atoms with Gasteiger partial charge >= 0.3 is 0 Å². The van der Waals surface area contributed by atoms with Crippen LogP contribution in [0.2, 0.25) is 0 Å². The van der Waals surface area contributed by atoms with Crippen molar-refractivity contribution < 1.29 is 65.9 Å². The van der Waals surface area contributed by atoms with Crippen molar-refractivity contribution in [1.29, 1.82) is 0 Å². The lowest BCUT2D eigenvalue weighted by molar-refractivity contribution is 0.378. The molecule has 0 atom stereocenters. The highest BCUT2D eigenvalue weighted by Gasteiger charge is 2.20. The molecule has 16 heteroatoms. The summed E-state index contributed by atoms with van der Waals surface area (Å²) in [5, 5.41) is 0. The van der Waals surface area contributed by atoms with E-state index in [1.165, 1.54) is 0 Å². The zero-order valence-corrected chi connectivity index (χ0v) is 15.5. The Bertz CT molecular complexity index is 955. The predicted molar refractivity (Wildman–Crippen MR) is 84.5 cm³/mol. The van der Waals surface area contributed by atoms with E-state index in [1.54, 1.807) is 0 Å². The van der Waals surface area contributed by atoms with Crippen LogP contribution in [0.1, 0.15) is 0 Å². The first-order valence-electron chi connectivity index (χ1n) is 7.57. The summed E-state index contributed by atoms with van der Waals surface area (Å²) in [4.78, 5) is 0. The Morgan fingerprint density at radius 1 is 0.235 bits per heavy atom. The van der Waals surface area contributed by atoms with Crippen LogP contribution in [0.25, 0.3) is 0 Å². The van der Waals surface area contributed by atoms with Crippen LogP contribution in [0.3, 0.4) is 0 Å². The fourth-order valence-electron chi connectivity index (χ4n) is 1.63. The van der Waals surface area contributed by atoms with E-state index in [9.17, 15) is 65.9 Å². The van der Waals surface area contributed by atoms with E-state index in [4.69, 9.17) is 0 Å². The standard InChI is InChI=1S/3C6HF5.B/c3*7-2-1-3(8)5(10)6(11)4(2)9;/h3*1H;. The average molecular weight is 515 g/mol. The third-order valence-electron chi connectivity index (χ3n) is 3.17. The van der Waals surface area contributed by atoms with Gasteiger partial charge in [-0.1, -0.05) is 0 Å². The van der Waals surface area contributed by atoms with E-state index in [-0.39, 0.29) is 26.6 Å². The first-order valence-corrected chi connectivity index (χ1v) is 7.57. The Morgan fingerprint density at radius 3 is 0.471 bits per heavy atom. The molecule has 0 aliphatic heterocycles. The average Bonchev–Trinajstić information content (AvgIpc) is 2.77. The molecule has 0 saturated carbocycles. The molecular formula is C18H3BF15. The van der Waals surface area contributed by atoms with Crippen molar-refractivity contribution in [2.45, 2.75) is 0 Å². The molecule has 34 heavy (non-hydrogen) atoms. The number of hydrogen-bond acceptors (Lipinski definition) is 0. The molecule has 0 saturated heterocycles. The van der Waals surface area contributed by atoms with Gasteiger partial charge in [-0.2, -0.15) is 0 Å². The monoisotopic (exact) mass is 515 g/mol. The summed E-state index contributed by atoms with van der Waals surface area (Å²) >= 11 is 0. The second-order valence-electron chi connectivity index (χ2n) is 5.35. The van der Waals surface area contributed by atoms with Crippen LogP contribution < -0.4 is 0 Å². The Kier molecular flexibility index (Phi) is 11.0. The predicted octanol–water partition coefficient (Wildman–Crippen LogP) is 6.77. The smallest absolute Gasteiger partial charge is 0.200 e. The zero-order valence-electron chi connectivity index (χ0n) is 15.5. The van der Waals surface area contributed by atoms with E-state index in [2.05, 4.69) is 0 Å². The quantitative estimate of drug-likeness (QED) is 0.134. The minimum Gasteiger partial charge on any atom is -0.204 e. The Morgan fingerprint density at radius 2 is 0.353 bits per heavy atom. The van der Waals surface area contributed by atoms with E-state index in [1.807, 2.05) is 0 Å². The number of rotatable bonds is 0. The molecule has 0 amide bonds. The van der Waals surface area contributed by atoms with Gasteiger partial charge in [-0.15, -0.1) is 0 Å². The zero-order chi connectivity index (χ0) is 25.8. The highest BCUT2D eigenvalue weighted by Crippen LogP contribution is 2.18. The fourth-order valence-corrected chi connectivity index (χ4v) is 1.63. The van der Waals surface area contributed by atoms with Crippen molar-refractivity contribution in [1.82, 2.24) is 0 Å². The Balaban J connectivity index is 0.000000473. The lowest BCUT2D eigenvalue weighted by Gasteiger charge is -1.96. The van der Waals surface area contributed by atoms with Crippen LogP contribution in [-0.2, 0) is 0 Å². The highest BCUT2D eigenvalue weighted by molar-refractivity contribution is 5.75. The molecule has 0 spiro atoms. The van der Waals surface area contributed by atoms with Gasteiger partial charge in [-0.25, -0.2) is 65.9 Å². The number of benzene rings is 3. The molecule has 0 aliphatic carbocycles. The van der Waals surface area contributed by atoms with Gasteiger partial charge in [0.1, 0.15) is 0 Å². The van der Waals surface area contributed by atoms with E-state index in [0.29, 0.717) is 0 Å². The van der Waals surface area contributed by atoms with Gasteiger partial charge in [0.2, 0.25) is 17.5 Å². The molecule has 0 nitrogen and oxygen atoms in total. The van der Waals surface area contributed by atoms with E-state index < -0.39 is 87.3 Å². The molecule has 0 bridgehead atoms. The van der Waals surface area contributed by atoms with Gasteiger partial charge in [0.15, 0.2) is 69.8 Å². The van der Waals surface area contributed by atoms with Gasteiger partial charge in [-0.05, 0) is 0 Å². The first kappa shape index (κ1) is 30.7. The molecule has 0 aromatic heterocycles. The maximum absolute atomic E-state index is 12.0. The summed E-state index contributed by atoms with van der Waals surface area (Å²) in [7, 11) is 0. The lowest BCUT2D eigenvalue weighted by Crippen LogP contribution is -1.98. The molecule has 0 aliphatic rings. The Labute approximate surface area is 180 Å². The van der Waals surface area contributed by atoms with Crippen molar-refractivity contribution in [3.63, 3.8) is 0 Å². The summed E-state index contributed by atoms with van der Waals surface area (Å²) in [5.41, 5.74) is 0. The highest BCUT2D eigenvalue weighted by atomic mass is 19.2. The molecule has 183 valence electrons. The molecule has 3 rings (SSSR count). The Hall–Kier alpha value is -3.33. The molecular weight excluding hydrogens is 512 g/mol. The third kappa shape index (κ3) is 6.84. The summed E-state index contributed by atoms with van der Waals surface area (Å²) in [6.45, 7) is 0. The number of hydrogen-bond donors (Lipinski definition) is 0. The molecule has 3 radical (unpaired) electrons. The third-order valence-corrected chi connectivity index (χ3v) is 3.17. The SMILES string of the molecule is Fc1cc(F)c(F)c(F)c1F.Fc1cc(F)c(F)c(F)c1F.Fc1cc(F)c(F)c(F)c1F.[B]. The molecule has 0 unspecified atom stereocenters. The van der Waals surface area contributed by atoms with Crippen LogP contribution in [0.15, 0.2) is 18.2 Å². The van der Waals surface area contributed by atoms with Crippen LogP contribution >= 0.6 is 0 Å².